The maximum absolute atomic E-state index is 13.1. The van der Waals surface area contributed by atoms with Crippen LogP contribution in [0.25, 0.3) is 0 Å². The Balaban J connectivity index is 3.75. The molecule has 0 fully saturated rings. The van der Waals surface area contributed by atoms with E-state index >= 15 is 0 Å². The van der Waals surface area contributed by atoms with Crippen LogP contribution >= 0.6 is 0 Å². The van der Waals surface area contributed by atoms with Gasteiger partial charge in [-0.1, -0.05) is 0 Å². The minimum Gasteiger partial charge on any atom is -0.203 e. The summed E-state index contributed by atoms with van der Waals surface area (Å²) in [6.45, 7) is 0.528. The largest absolute Gasteiger partial charge is 0.335 e. The Hall–Kier alpha value is -1.67. The normalized spacial score (nSPS) is 11.7. The van der Waals surface area contributed by atoms with E-state index in [-0.39, 0.29) is 0 Å². The Morgan fingerprint density at radius 1 is 0.789 bits per heavy atom. The molecule has 0 atom stereocenters. The van der Waals surface area contributed by atoms with Gasteiger partial charge in [0, 0.05) is 5.56 Å². The highest BCUT2D eigenvalue weighted by Crippen LogP contribution is 2.43. The Labute approximate surface area is 99.7 Å². The molecule has 0 heterocycles. The lowest BCUT2D eigenvalue weighted by Crippen LogP contribution is -2.22. The molecular weight excluding hydrogens is 291 g/mol. The molecule has 0 bridgehead atoms. The highest BCUT2D eigenvalue weighted by molar-refractivity contribution is 5.35. The molecule has 0 unspecified atom stereocenters. The van der Waals surface area contributed by atoms with Crippen molar-refractivity contribution in [1.82, 2.24) is 0 Å². The van der Waals surface area contributed by atoms with Crippen LogP contribution in [0.3, 0.4) is 0 Å². The molecule has 0 amide bonds. The van der Waals surface area contributed by atoms with Crippen molar-refractivity contribution in [3.8, 4) is 0 Å². The Kier molecular flexibility index (Phi) is 3.87. The molecule has 0 nitrogen and oxygen atoms in total. The SMILES string of the molecule is Cc1c(F)c(F)c(C(F)(F)C(F)=C(F)F)c(F)c1F. The molecule has 0 saturated carbocycles. The molecule has 1 aromatic rings. The lowest BCUT2D eigenvalue weighted by Gasteiger charge is -2.17. The first-order valence-electron chi connectivity index (χ1n) is 4.45. The summed E-state index contributed by atoms with van der Waals surface area (Å²) in [5, 5.41) is 0. The lowest BCUT2D eigenvalue weighted by molar-refractivity contribution is -0.00230. The molecule has 0 radical (unpaired) electrons. The summed E-state index contributed by atoms with van der Waals surface area (Å²) in [5.74, 6) is -18.8. The van der Waals surface area contributed by atoms with Gasteiger partial charge in [-0.3, -0.25) is 0 Å². The van der Waals surface area contributed by atoms with Crippen LogP contribution in [-0.2, 0) is 5.92 Å². The van der Waals surface area contributed by atoms with Crippen LogP contribution in [0, 0.1) is 30.2 Å². The molecule has 0 N–H and O–H groups in total. The molecular formula is C10H3F9. The molecule has 0 aromatic heterocycles. The number of allylic oxidation sites excluding steroid dienone is 1. The van der Waals surface area contributed by atoms with Gasteiger partial charge in [-0.25, -0.2) is 17.6 Å². The minimum atomic E-state index is -5.54. The molecule has 19 heavy (non-hydrogen) atoms. The third-order valence-electron chi connectivity index (χ3n) is 2.24. The summed E-state index contributed by atoms with van der Waals surface area (Å²) in [4.78, 5) is 0. The number of halogens is 9. The van der Waals surface area contributed by atoms with Gasteiger partial charge in [-0.2, -0.15) is 22.0 Å². The molecule has 0 aliphatic carbocycles. The summed E-state index contributed by atoms with van der Waals surface area (Å²) in [6, 6.07) is 0. The fraction of sp³-hybridized carbons (Fsp3) is 0.200. The van der Waals surface area contributed by atoms with Crippen molar-refractivity contribution in [2.45, 2.75) is 12.8 Å². The quantitative estimate of drug-likeness (QED) is 0.547. The summed E-state index contributed by atoms with van der Waals surface area (Å²) in [7, 11) is 0. The number of benzene rings is 1. The van der Waals surface area contributed by atoms with Crippen LogP contribution < -0.4 is 0 Å². The monoisotopic (exact) mass is 294 g/mol. The van der Waals surface area contributed by atoms with Crippen molar-refractivity contribution in [2.24, 2.45) is 0 Å². The predicted molar refractivity (Wildman–Crippen MR) is 45.3 cm³/mol. The second-order valence-corrected chi connectivity index (χ2v) is 3.40. The smallest absolute Gasteiger partial charge is 0.203 e. The fourth-order valence-corrected chi connectivity index (χ4v) is 1.25. The fourth-order valence-electron chi connectivity index (χ4n) is 1.25. The van der Waals surface area contributed by atoms with Gasteiger partial charge in [-0.05, 0) is 6.92 Å². The van der Waals surface area contributed by atoms with Crippen LogP contribution in [0.2, 0.25) is 0 Å². The summed E-state index contributed by atoms with van der Waals surface area (Å²) in [5.41, 5.74) is -4.03. The average Bonchev–Trinajstić information content (AvgIpc) is 2.32. The first-order valence-corrected chi connectivity index (χ1v) is 4.45. The standard InChI is InChI=1S/C10H3F9/c1-2-4(11)6(13)3(7(14)5(2)12)10(18,19)8(15)9(16)17/h1H3. The van der Waals surface area contributed by atoms with E-state index in [0.717, 1.165) is 0 Å². The van der Waals surface area contributed by atoms with Crippen molar-refractivity contribution in [2.75, 3.05) is 0 Å². The predicted octanol–water partition coefficient (Wildman–Crippen LogP) is 4.72. The number of hydrogen-bond donors (Lipinski definition) is 0. The van der Waals surface area contributed by atoms with Crippen LogP contribution in [0.1, 0.15) is 11.1 Å². The van der Waals surface area contributed by atoms with E-state index < -0.39 is 52.2 Å². The van der Waals surface area contributed by atoms with Gasteiger partial charge in [-0.15, -0.1) is 0 Å². The highest BCUT2D eigenvalue weighted by Gasteiger charge is 2.48. The number of rotatable bonds is 2. The molecule has 0 aliphatic heterocycles. The van der Waals surface area contributed by atoms with Crippen molar-refractivity contribution >= 4 is 0 Å². The maximum atomic E-state index is 13.1. The van der Waals surface area contributed by atoms with Gasteiger partial charge in [0.1, 0.15) is 5.56 Å². The van der Waals surface area contributed by atoms with Gasteiger partial charge in [0.2, 0.25) is 5.83 Å². The zero-order chi connectivity index (χ0) is 15.1. The lowest BCUT2D eigenvalue weighted by atomic mass is 10.0. The van der Waals surface area contributed by atoms with Crippen LogP contribution in [0.15, 0.2) is 11.9 Å². The summed E-state index contributed by atoms with van der Waals surface area (Å²) in [6.07, 6.45) is -3.56. The molecule has 0 aliphatic rings. The number of alkyl halides is 2. The highest BCUT2D eigenvalue weighted by atomic mass is 19.3. The molecule has 1 aromatic carbocycles. The Morgan fingerprint density at radius 3 is 1.47 bits per heavy atom. The Morgan fingerprint density at radius 2 is 1.16 bits per heavy atom. The minimum absolute atomic E-state index is 0.528. The van der Waals surface area contributed by atoms with E-state index in [1.165, 1.54) is 0 Å². The average molecular weight is 294 g/mol. The van der Waals surface area contributed by atoms with Gasteiger partial charge in [0.05, 0.1) is 0 Å². The van der Waals surface area contributed by atoms with E-state index in [1.807, 2.05) is 0 Å². The van der Waals surface area contributed by atoms with Crippen molar-refractivity contribution < 1.29 is 39.5 Å². The van der Waals surface area contributed by atoms with Crippen molar-refractivity contribution in [3.05, 3.63) is 46.3 Å². The summed E-state index contributed by atoms with van der Waals surface area (Å²) < 4.78 is 114. The maximum Gasteiger partial charge on any atom is 0.335 e. The molecule has 1 rings (SSSR count). The Bertz CT molecular complexity index is 526. The molecule has 106 valence electrons. The van der Waals surface area contributed by atoms with Crippen molar-refractivity contribution in [1.29, 1.82) is 0 Å². The molecule has 9 heteroatoms. The van der Waals surface area contributed by atoms with Crippen LogP contribution in [0.5, 0.6) is 0 Å². The zero-order valence-corrected chi connectivity index (χ0v) is 8.90. The van der Waals surface area contributed by atoms with E-state index in [1.54, 1.807) is 0 Å². The van der Waals surface area contributed by atoms with Gasteiger partial charge >= 0.3 is 12.0 Å². The van der Waals surface area contributed by atoms with Gasteiger partial charge in [0.25, 0.3) is 0 Å². The van der Waals surface area contributed by atoms with Crippen LogP contribution in [-0.4, -0.2) is 0 Å². The first-order chi connectivity index (χ1) is 8.53. The molecule has 0 saturated heterocycles. The topological polar surface area (TPSA) is 0 Å². The van der Waals surface area contributed by atoms with Crippen LogP contribution in [0.4, 0.5) is 39.5 Å². The van der Waals surface area contributed by atoms with E-state index in [4.69, 9.17) is 0 Å². The summed E-state index contributed by atoms with van der Waals surface area (Å²) >= 11 is 0. The van der Waals surface area contributed by atoms with E-state index in [9.17, 15) is 39.5 Å². The second kappa shape index (κ2) is 4.78. The second-order valence-electron chi connectivity index (χ2n) is 3.40. The molecule has 0 spiro atoms. The third-order valence-corrected chi connectivity index (χ3v) is 2.24. The number of hydrogen-bond acceptors (Lipinski definition) is 0. The van der Waals surface area contributed by atoms with E-state index in [0.29, 0.717) is 6.92 Å². The zero-order valence-electron chi connectivity index (χ0n) is 8.90. The third kappa shape index (κ3) is 2.28. The van der Waals surface area contributed by atoms with E-state index in [2.05, 4.69) is 0 Å². The first kappa shape index (κ1) is 15.4. The van der Waals surface area contributed by atoms with Gasteiger partial charge < -0.3 is 0 Å². The van der Waals surface area contributed by atoms with Crippen molar-refractivity contribution in [3.63, 3.8) is 0 Å². The van der Waals surface area contributed by atoms with Gasteiger partial charge in [0.15, 0.2) is 23.3 Å².